The largest absolute Gasteiger partial charge is 0.286 e. The van der Waals surface area contributed by atoms with Gasteiger partial charge in [-0.1, -0.05) is 23.5 Å². The normalized spacial score (nSPS) is 11.1. The number of halogens is 1. The molecule has 0 atom stereocenters. The summed E-state index contributed by atoms with van der Waals surface area (Å²) in [5.74, 6) is 0.614. The number of carbonyl (C=O) groups is 1. The molecule has 1 amide bonds. The fraction of sp³-hybridized carbons (Fsp3) is 0.227. The van der Waals surface area contributed by atoms with Crippen molar-refractivity contribution in [2.24, 2.45) is 0 Å². The molecule has 0 aliphatic rings. The average molecular weight is 441 g/mol. The predicted molar refractivity (Wildman–Crippen MR) is 121 cm³/mol. The third-order valence-corrected chi connectivity index (χ3v) is 6.70. The molecule has 2 aromatic heterocycles. The summed E-state index contributed by atoms with van der Waals surface area (Å²) in [5, 5.41) is 4.95. The zero-order chi connectivity index (χ0) is 20.8. The van der Waals surface area contributed by atoms with Gasteiger partial charge >= 0.3 is 0 Å². The molecule has 2 aromatic carbocycles. The highest BCUT2D eigenvalue weighted by Crippen LogP contribution is 2.29. The topological polar surface area (TPSA) is 51.0 Å². The molecule has 0 N–H and O–H groups in total. The third kappa shape index (κ3) is 5.25. The maximum atomic E-state index is 13.0. The highest BCUT2D eigenvalue weighted by Gasteiger charge is 2.19. The molecule has 0 fully saturated rings. The Hall–Kier alpha value is -2.71. The van der Waals surface area contributed by atoms with E-state index < -0.39 is 0 Å². The number of anilines is 1. The second-order valence-corrected chi connectivity index (χ2v) is 8.86. The van der Waals surface area contributed by atoms with Gasteiger partial charge in [0.25, 0.3) is 0 Å². The van der Waals surface area contributed by atoms with Crippen LogP contribution in [-0.2, 0) is 11.3 Å². The Balaban J connectivity index is 1.40. The van der Waals surface area contributed by atoms with Crippen molar-refractivity contribution >= 4 is 44.4 Å². The molecule has 30 heavy (non-hydrogen) atoms. The number of nitrogens with zero attached hydrogens (tertiary/aromatic N) is 4. The van der Waals surface area contributed by atoms with E-state index in [1.165, 1.54) is 23.5 Å². The van der Waals surface area contributed by atoms with Crippen LogP contribution in [0.1, 0.15) is 12.8 Å². The molecule has 4 aromatic rings. The van der Waals surface area contributed by atoms with E-state index in [9.17, 15) is 9.18 Å². The number of carbonyl (C=O) groups excluding carboxylic acids is 1. The number of rotatable bonds is 9. The van der Waals surface area contributed by atoms with Crippen LogP contribution in [0.2, 0.25) is 0 Å². The molecule has 0 spiro atoms. The van der Waals surface area contributed by atoms with E-state index in [1.54, 1.807) is 35.0 Å². The first-order chi connectivity index (χ1) is 14.7. The molecule has 0 bridgehead atoms. The van der Waals surface area contributed by atoms with Gasteiger partial charge in [-0.05, 0) is 54.6 Å². The summed E-state index contributed by atoms with van der Waals surface area (Å²) in [4.78, 5) is 20.5. The molecule has 2 heterocycles. The number of amides is 1. The van der Waals surface area contributed by atoms with E-state index in [-0.39, 0.29) is 11.7 Å². The maximum Gasteiger partial charge on any atom is 0.228 e. The maximum absolute atomic E-state index is 13.0. The number of thioether (sulfide) groups is 1. The molecule has 4 rings (SSSR count). The van der Waals surface area contributed by atoms with E-state index in [1.807, 2.05) is 41.2 Å². The molecule has 0 saturated carbocycles. The number of thiazole rings is 1. The lowest BCUT2D eigenvalue weighted by Crippen LogP contribution is -2.34. The standard InChI is InChI=1S/C22H21FN4OS2/c23-17-8-10-18(11-9-17)29-16-3-7-21(28)27(15-14-26-13-4-12-24-26)22-25-19-5-1-2-6-20(19)30-22/h1-2,4-6,8-13H,3,7,14-16H2. The lowest BCUT2D eigenvalue weighted by molar-refractivity contribution is -0.118. The van der Waals surface area contributed by atoms with Crippen molar-refractivity contribution in [3.8, 4) is 0 Å². The van der Waals surface area contributed by atoms with Gasteiger partial charge in [-0.25, -0.2) is 9.37 Å². The fourth-order valence-electron chi connectivity index (χ4n) is 3.02. The zero-order valence-electron chi connectivity index (χ0n) is 16.3. The molecule has 154 valence electrons. The third-order valence-electron chi connectivity index (χ3n) is 4.54. The Kier molecular flexibility index (Phi) is 6.76. The summed E-state index contributed by atoms with van der Waals surface area (Å²) < 4.78 is 15.9. The van der Waals surface area contributed by atoms with Crippen LogP contribution in [0, 0.1) is 5.82 Å². The van der Waals surface area contributed by atoms with E-state index in [4.69, 9.17) is 0 Å². The zero-order valence-corrected chi connectivity index (χ0v) is 17.9. The number of para-hydroxylation sites is 1. The minimum absolute atomic E-state index is 0.0564. The summed E-state index contributed by atoms with van der Waals surface area (Å²) in [7, 11) is 0. The van der Waals surface area contributed by atoms with Crippen molar-refractivity contribution < 1.29 is 9.18 Å². The van der Waals surface area contributed by atoms with Gasteiger partial charge in [0.1, 0.15) is 5.82 Å². The molecular weight excluding hydrogens is 419 g/mol. The number of hydrogen-bond acceptors (Lipinski definition) is 5. The van der Waals surface area contributed by atoms with Gasteiger partial charge in [0.2, 0.25) is 5.91 Å². The highest BCUT2D eigenvalue weighted by atomic mass is 32.2. The molecule has 0 unspecified atom stereocenters. The van der Waals surface area contributed by atoms with Crippen molar-refractivity contribution in [1.29, 1.82) is 0 Å². The summed E-state index contributed by atoms with van der Waals surface area (Å²) >= 11 is 3.16. The number of aromatic nitrogens is 3. The van der Waals surface area contributed by atoms with Crippen LogP contribution < -0.4 is 4.90 Å². The predicted octanol–water partition coefficient (Wildman–Crippen LogP) is 5.24. The SMILES string of the molecule is O=C(CCCSc1ccc(F)cc1)N(CCn1cccn1)c1nc2ccccc2s1. The summed E-state index contributed by atoms with van der Waals surface area (Å²) in [6, 6.07) is 16.2. The number of hydrogen-bond donors (Lipinski definition) is 0. The first kappa shape index (κ1) is 20.6. The first-order valence-corrected chi connectivity index (χ1v) is 11.5. The Labute approximate surface area is 182 Å². The summed E-state index contributed by atoms with van der Waals surface area (Å²) in [6.45, 7) is 1.13. The van der Waals surface area contributed by atoms with Gasteiger partial charge in [0.05, 0.1) is 16.8 Å². The minimum Gasteiger partial charge on any atom is -0.286 e. The smallest absolute Gasteiger partial charge is 0.228 e. The van der Waals surface area contributed by atoms with Gasteiger partial charge in [0.15, 0.2) is 5.13 Å². The van der Waals surface area contributed by atoms with Crippen molar-refractivity contribution in [2.75, 3.05) is 17.2 Å². The second-order valence-electron chi connectivity index (χ2n) is 6.68. The lowest BCUT2D eigenvalue weighted by atomic mass is 10.3. The van der Waals surface area contributed by atoms with Crippen LogP contribution >= 0.6 is 23.1 Å². The fourth-order valence-corrected chi connectivity index (χ4v) is 4.88. The minimum atomic E-state index is -0.238. The molecule has 0 saturated heterocycles. The van der Waals surface area contributed by atoms with Crippen molar-refractivity contribution in [2.45, 2.75) is 24.3 Å². The van der Waals surface area contributed by atoms with Gasteiger partial charge < -0.3 is 0 Å². The van der Waals surface area contributed by atoms with Crippen LogP contribution in [0.4, 0.5) is 9.52 Å². The van der Waals surface area contributed by atoms with Gasteiger partial charge in [-0.15, -0.1) is 11.8 Å². The molecule has 8 heteroatoms. The Bertz CT molecular complexity index is 1060. The number of fused-ring (bicyclic) bond motifs is 1. The van der Waals surface area contributed by atoms with E-state index in [2.05, 4.69) is 10.1 Å². The van der Waals surface area contributed by atoms with Gasteiger partial charge in [-0.2, -0.15) is 5.10 Å². The van der Waals surface area contributed by atoms with Crippen molar-refractivity contribution in [1.82, 2.24) is 14.8 Å². The van der Waals surface area contributed by atoms with Crippen molar-refractivity contribution in [3.63, 3.8) is 0 Å². The molecule has 0 radical (unpaired) electrons. The Morgan fingerprint density at radius 2 is 1.97 bits per heavy atom. The van der Waals surface area contributed by atoms with Gasteiger partial charge in [0, 0.05) is 30.3 Å². The van der Waals surface area contributed by atoms with E-state index >= 15 is 0 Å². The van der Waals surface area contributed by atoms with Crippen LogP contribution in [0.15, 0.2) is 71.9 Å². The first-order valence-electron chi connectivity index (χ1n) is 9.71. The second kappa shape index (κ2) is 9.86. The van der Waals surface area contributed by atoms with Gasteiger partial charge in [-0.3, -0.25) is 14.4 Å². The quantitative estimate of drug-likeness (QED) is 0.264. The van der Waals surface area contributed by atoms with Crippen LogP contribution in [0.3, 0.4) is 0 Å². The average Bonchev–Trinajstić information content (AvgIpc) is 3.42. The lowest BCUT2D eigenvalue weighted by Gasteiger charge is -2.20. The van der Waals surface area contributed by atoms with Crippen LogP contribution in [-0.4, -0.2) is 33.0 Å². The Morgan fingerprint density at radius 1 is 1.13 bits per heavy atom. The molecular formula is C22H21FN4OS2. The van der Waals surface area contributed by atoms with E-state index in [0.29, 0.717) is 19.5 Å². The van der Waals surface area contributed by atoms with Crippen LogP contribution in [0.25, 0.3) is 10.2 Å². The molecule has 0 aliphatic heterocycles. The monoisotopic (exact) mass is 440 g/mol. The van der Waals surface area contributed by atoms with Crippen LogP contribution in [0.5, 0.6) is 0 Å². The molecule has 5 nitrogen and oxygen atoms in total. The van der Waals surface area contributed by atoms with E-state index in [0.717, 1.165) is 32.4 Å². The Morgan fingerprint density at radius 3 is 2.73 bits per heavy atom. The highest BCUT2D eigenvalue weighted by molar-refractivity contribution is 7.99. The summed E-state index contributed by atoms with van der Waals surface area (Å²) in [5.41, 5.74) is 0.904. The van der Waals surface area contributed by atoms with Crippen molar-refractivity contribution in [3.05, 3.63) is 72.8 Å². The number of benzene rings is 2. The summed E-state index contributed by atoms with van der Waals surface area (Å²) in [6.07, 6.45) is 4.80. The molecule has 0 aliphatic carbocycles.